The Balaban J connectivity index is 1.43. The van der Waals surface area contributed by atoms with E-state index < -0.39 is 5.82 Å². The molecule has 1 aliphatic heterocycles. The molecule has 0 N–H and O–H groups in total. The zero-order chi connectivity index (χ0) is 16.5. The molecule has 24 heavy (non-hydrogen) atoms. The topological polar surface area (TPSA) is 43.2 Å². The van der Waals surface area contributed by atoms with E-state index in [4.69, 9.17) is 4.74 Å². The maximum absolute atomic E-state index is 12.9. The summed E-state index contributed by atoms with van der Waals surface area (Å²) in [5.41, 5.74) is 1.17. The number of halogens is 1. The van der Waals surface area contributed by atoms with Crippen LogP contribution in [-0.4, -0.2) is 33.7 Å². The van der Waals surface area contributed by atoms with Crippen LogP contribution in [0, 0.1) is 5.82 Å². The first kappa shape index (κ1) is 14.9. The summed E-state index contributed by atoms with van der Waals surface area (Å²) >= 11 is 0. The van der Waals surface area contributed by atoms with E-state index in [-0.39, 0.29) is 6.10 Å². The summed E-state index contributed by atoms with van der Waals surface area (Å²) in [6, 6.07) is 8.24. The number of aromatic nitrogens is 3. The van der Waals surface area contributed by atoms with Crippen LogP contribution in [0.1, 0.15) is 12.8 Å². The van der Waals surface area contributed by atoms with Gasteiger partial charge in [-0.15, -0.1) is 0 Å². The average molecular weight is 326 g/mol. The average Bonchev–Trinajstić information content (AvgIpc) is 2.99. The third-order valence-electron chi connectivity index (χ3n) is 4.51. The zero-order valence-electron chi connectivity index (χ0n) is 13.5. The van der Waals surface area contributed by atoms with E-state index >= 15 is 0 Å². The molecule has 1 aliphatic rings. The van der Waals surface area contributed by atoms with Crippen LogP contribution < -0.4 is 9.64 Å². The Kier molecular flexibility index (Phi) is 3.80. The molecule has 6 heteroatoms. The van der Waals surface area contributed by atoms with E-state index in [1.165, 1.54) is 17.9 Å². The lowest BCUT2D eigenvalue weighted by Crippen LogP contribution is -2.39. The maximum atomic E-state index is 12.9. The molecule has 0 amide bonds. The minimum atomic E-state index is -0.409. The molecular weight excluding hydrogens is 307 g/mol. The maximum Gasteiger partial charge on any atom is 0.225 e. The summed E-state index contributed by atoms with van der Waals surface area (Å²) in [6.07, 6.45) is 6.43. The summed E-state index contributed by atoms with van der Waals surface area (Å²) in [4.78, 5) is 10.2. The number of aryl methyl sites for hydroxylation is 1. The van der Waals surface area contributed by atoms with Gasteiger partial charge in [0.05, 0.1) is 17.9 Å². The van der Waals surface area contributed by atoms with Crippen molar-refractivity contribution in [3.8, 4) is 5.75 Å². The third-order valence-corrected chi connectivity index (χ3v) is 4.51. The van der Waals surface area contributed by atoms with Crippen LogP contribution in [0.25, 0.3) is 10.9 Å². The number of hydrogen-bond acceptors (Lipinski definition) is 4. The van der Waals surface area contributed by atoms with Crippen LogP contribution in [0.4, 0.5) is 10.3 Å². The Bertz CT molecular complexity index is 838. The standard InChI is InChI=1S/C18H19FN4O/c1-22-8-7-15-16(22)3-2-4-17(15)24-14-5-9-23(10-6-14)18-20-11-13(19)12-21-18/h2-4,7-8,11-12,14H,5-6,9-10H2,1H3. The zero-order valence-corrected chi connectivity index (χ0v) is 13.5. The quantitative estimate of drug-likeness (QED) is 0.741. The minimum absolute atomic E-state index is 0.174. The monoisotopic (exact) mass is 326 g/mol. The van der Waals surface area contributed by atoms with Gasteiger partial charge in [-0.2, -0.15) is 0 Å². The highest BCUT2D eigenvalue weighted by Gasteiger charge is 2.23. The van der Waals surface area contributed by atoms with Crippen LogP contribution in [-0.2, 0) is 7.05 Å². The second kappa shape index (κ2) is 6.11. The predicted octanol–water partition coefficient (Wildman–Crippen LogP) is 3.16. The van der Waals surface area contributed by atoms with E-state index in [9.17, 15) is 4.39 Å². The van der Waals surface area contributed by atoms with Crippen molar-refractivity contribution in [2.75, 3.05) is 18.0 Å². The molecule has 3 aromatic rings. The van der Waals surface area contributed by atoms with E-state index in [0.717, 1.165) is 37.1 Å². The molecule has 0 saturated carbocycles. The minimum Gasteiger partial charge on any atom is -0.490 e. The molecule has 3 heterocycles. The Hall–Kier alpha value is -2.63. The number of ether oxygens (including phenoxy) is 1. The number of benzene rings is 1. The molecular formula is C18H19FN4O. The van der Waals surface area contributed by atoms with Crippen LogP contribution in [0.15, 0.2) is 42.9 Å². The number of piperidine rings is 1. The molecule has 124 valence electrons. The van der Waals surface area contributed by atoms with E-state index in [1.807, 2.05) is 25.4 Å². The lowest BCUT2D eigenvalue weighted by molar-refractivity contribution is 0.172. The highest BCUT2D eigenvalue weighted by Crippen LogP contribution is 2.29. The van der Waals surface area contributed by atoms with Crippen molar-refractivity contribution in [3.05, 3.63) is 48.7 Å². The van der Waals surface area contributed by atoms with Gasteiger partial charge in [0.2, 0.25) is 5.95 Å². The highest BCUT2D eigenvalue weighted by molar-refractivity contribution is 5.86. The van der Waals surface area contributed by atoms with Crippen LogP contribution in [0.3, 0.4) is 0 Å². The van der Waals surface area contributed by atoms with Gasteiger partial charge in [-0.3, -0.25) is 0 Å². The number of fused-ring (bicyclic) bond motifs is 1. The molecule has 0 bridgehead atoms. The number of nitrogens with zero attached hydrogens (tertiary/aromatic N) is 4. The van der Waals surface area contributed by atoms with Gasteiger partial charge in [-0.05, 0) is 18.2 Å². The van der Waals surface area contributed by atoms with Gasteiger partial charge in [0.1, 0.15) is 11.9 Å². The van der Waals surface area contributed by atoms with Crippen LogP contribution in [0.2, 0.25) is 0 Å². The normalized spacial score (nSPS) is 15.8. The SMILES string of the molecule is Cn1ccc2c(OC3CCN(c4ncc(F)cn4)CC3)cccc21. The second-order valence-corrected chi connectivity index (χ2v) is 6.12. The van der Waals surface area contributed by atoms with Gasteiger partial charge in [0, 0.05) is 44.6 Å². The molecule has 2 aromatic heterocycles. The summed E-state index contributed by atoms with van der Waals surface area (Å²) in [5, 5.41) is 1.14. The first-order valence-corrected chi connectivity index (χ1v) is 8.14. The van der Waals surface area contributed by atoms with Crippen molar-refractivity contribution < 1.29 is 9.13 Å². The first-order chi connectivity index (χ1) is 11.7. The van der Waals surface area contributed by atoms with Gasteiger partial charge < -0.3 is 14.2 Å². The van der Waals surface area contributed by atoms with Gasteiger partial charge in [0.15, 0.2) is 5.82 Å². The summed E-state index contributed by atoms with van der Waals surface area (Å²) in [6.45, 7) is 1.61. The largest absolute Gasteiger partial charge is 0.490 e. The molecule has 0 aliphatic carbocycles. The second-order valence-electron chi connectivity index (χ2n) is 6.12. The fraction of sp³-hybridized carbons (Fsp3) is 0.333. The lowest BCUT2D eigenvalue weighted by Gasteiger charge is -2.32. The Morgan fingerprint density at radius 1 is 1.12 bits per heavy atom. The predicted molar refractivity (Wildman–Crippen MR) is 90.8 cm³/mol. The van der Waals surface area contributed by atoms with Crippen LogP contribution >= 0.6 is 0 Å². The van der Waals surface area contributed by atoms with Crippen molar-refractivity contribution >= 4 is 16.9 Å². The molecule has 0 spiro atoms. The molecule has 0 unspecified atom stereocenters. The summed E-state index contributed by atoms with van der Waals surface area (Å²) < 4.78 is 21.3. The summed E-state index contributed by atoms with van der Waals surface area (Å²) in [5.74, 6) is 1.11. The van der Waals surface area contributed by atoms with Crippen molar-refractivity contribution in [1.82, 2.24) is 14.5 Å². The fourth-order valence-electron chi connectivity index (χ4n) is 3.20. The fourth-order valence-corrected chi connectivity index (χ4v) is 3.20. The molecule has 1 fully saturated rings. The highest BCUT2D eigenvalue weighted by atomic mass is 19.1. The van der Waals surface area contributed by atoms with Gasteiger partial charge >= 0.3 is 0 Å². The van der Waals surface area contributed by atoms with Crippen molar-refractivity contribution in [1.29, 1.82) is 0 Å². The van der Waals surface area contributed by atoms with Crippen molar-refractivity contribution in [2.45, 2.75) is 18.9 Å². The molecule has 4 rings (SSSR count). The van der Waals surface area contributed by atoms with Gasteiger partial charge in [-0.1, -0.05) is 6.07 Å². The molecule has 1 aromatic carbocycles. The molecule has 0 radical (unpaired) electrons. The summed E-state index contributed by atoms with van der Waals surface area (Å²) in [7, 11) is 2.04. The van der Waals surface area contributed by atoms with Gasteiger partial charge in [0.25, 0.3) is 0 Å². The smallest absolute Gasteiger partial charge is 0.225 e. The first-order valence-electron chi connectivity index (χ1n) is 8.14. The Morgan fingerprint density at radius 2 is 1.88 bits per heavy atom. The number of anilines is 1. The van der Waals surface area contributed by atoms with Crippen molar-refractivity contribution in [2.24, 2.45) is 7.05 Å². The molecule has 5 nitrogen and oxygen atoms in total. The lowest BCUT2D eigenvalue weighted by atomic mass is 10.1. The van der Waals surface area contributed by atoms with Crippen molar-refractivity contribution in [3.63, 3.8) is 0 Å². The Labute approximate surface area is 139 Å². The van der Waals surface area contributed by atoms with E-state index in [0.29, 0.717) is 5.95 Å². The van der Waals surface area contributed by atoms with E-state index in [1.54, 1.807) is 0 Å². The molecule has 0 atom stereocenters. The van der Waals surface area contributed by atoms with Gasteiger partial charge in [-0.25, -0.2) is 14.4 Å². The third kappa shape index (κ3) is 2.79. The molecule has 1 saturated heterocycles. The number of rotatable bonds is 3. The van der Waals surface area contributed by atoms with E-state index in [2.05, 4.69) is 31.6 Å². The number of hydrogen-bond donors (Lipinski definition) is 0. The van der Waals surface area contributed by atoms with Crippen LogP contribution in [0.5, 0.6) is 5.75 Å². The Morgan fingerprint density at radius 3 is 2.62 bits per heavy atom.